The number of aromatic nitrogens is 2. The molecule has 3 aliphatic heterocycles. The Morgan fingerprint density at radius 3 is 1.53 bits per heavy atom. The average molecular weight is 602 g/mol. The van der Waals surface area contributed by atoms with Crippen LogP contribution in [-0.2, 0) is 21.1 Å². The first kappa shape index (κ1) is 21.5. The fraction of sp³-hybridized carbons (Fsp3) is 0.273. The normalized spacial score (nSPS) is 21.7. The van der Waals surface area contributed by atoms with Gasteiger partial charge in [-0.25, -0.2) is 9.97 Å². The molecule has 3 aliphatic rings. The first-order valence-corrected chi connectivity index (χ1v) is 10.8. The quantitative estimate of drug-likeness (QED) is 0.397. The van der Waals surface area contributed by atoms with Crippen LogP contribution in [-0.4, -0.2) is 74.0 Å². The largest absolute Gasteiger partial charge is 0.388 e. The van der Waals surface area contributed by atoms with Crippen molar-refractivity contribution in [3.8, 4) is 0 Å². The van der Waals surface area contributed by atoms with Crippen molar-refractivity contribution >= 4 is 44.1 Å². The van der Waals surface area contributed by atoms with Crippen molar-refractivity contribution in [2.24, 2.45) is 0 Å². The number of pyridine rings is 2. The minimum Gasteiger partial charge on any atom is -0.388 e. The molecule has 2 radical (unpaired) electrons. The van der Waals surface area contributed by atoms with Gasteiger partial charge >= 0.3 is 15.1 Å². The molecule has 2 saturated heterocycles. The van der Waals surface area contributed by atoms with E-state index in [0.29, 0.717) is 0 Å². The van der Waals surface area contributed by atoms with Crippen LogP contribution in [0.4, 0.5) is 29.0 Å². The average Bonchev–Trinajstić information content (AvgIpc) is 3.49. The minimum absolute atomic E-state index is 0. The second-order valence-corrected chi connectivity index (χ2v) is 8.07. The summed E-state index contributed by atoms with van der Waals surface area (Å²) in [5.41, 5.74) is 1.04. The van der Waals surface area contributed by atoms with Crippen molar-refractivity contribution < 1.29 is 21.1 Å². The molecule has 2 atom stereocenters. The molecule has 162 valence electrons. The molecule has 2 unspecified atom stereocenters. The molecule has 32 heavy (non-hydrogen) atoms. The Kier molecular flexibility index (Phi) is 6.22. The van der Waals surface area contributed by atoms with E-state index in [-0.39, 0.29) is 21.1 Å². The first-order chi connectivity index (χ1) is 15.3. The van der Waals surface area contributed by atoms with E-state index < -0.39 is 0 Å². The van der Waals surface area contributed by atoms with Gasteiger partial charge in [-0.1, -0.05) is 30.3 Å². The molecule has 10 heteroatoms. The Morgan fingerprint density at radius 1 is 0.531 bits per heavy atom. The summed E-state index contributed by atoms with van der Waals surface area (Å²) in [4.78, 5) is 21.5. The number of fused-ring (bicyclic) bond motifs is 10. The summed E-state index contributed by atoms with van der Waals surface area (Å²) >= 11 is 0. The third kappa shape index (κ3) is 4.17. The van der Waals surface area contributed by atoms with Crippen molar-refractivity contribution in [3.63, 3.8) is 0 Å². The number of hydrogen-bond donors (Lipinski definition) is 0. The smallest absolute Gasteiger partial charge is 0.353 e. The van der Waals surface area contributed by atoms with Gasteiger partial charge in [-0.15, -0.1) is 0 Å². The van der Waals surface area contributed by atoms with E-state index in [2.05, 4.69) is 99.9 Å². The van der Waals surface area contributed by atoms with Gasteiger partial charge < -0.3 is 19.2 Å². The number of benzene rings is 1. The Balaban J connectivity index is 0.00000216. The van der Waals surface area contributed by atoms with Crippen LogP contribution >= 0.6 is 0 Å². The summed E-state index contributed by atoms with van der Waals surface area (Å²) in [7, 11) is 4.43. The van der Waals surface area contributed by atoms with Crippen molar-refractivity contribution in [1.82, 2.24) is 19.6 Å². The van der Waals surface area contributed by atoms with Gasteiger partial charge in [0.2, 0.25) is 0 Å². The molecule has 0 aliphatic carbocycles. The molecule has 6 rings (SSSR count). The summed E-state index contributed by atoms with van der Waals surface area (Å²) < 4.78 is 0. The first-order valence-electron chi connectivity index (χ1n) is 10.8. The third-order valence-electron chi connectivity index (χ3n) is 6.04. The van der Waals surface area contributed by atoms with Crippen LogP contribution in [0.1, 0.15) is 0 Å². The Morgan fingerprint density at radius 2 is 1.00 bits per heavy atom. The van der Waals surface area contributed by atoms with Crippen molar-refractivity contribution in [2.45, 2.75) is 0 Å². The van der Waals surface area contributed by atoms with Crippen LogP contribution < -0.4 is 14.5 Å². The van der Waals surface area contributed by atoms with Crippen LogP contribution in [0.2, 0.25) is 0 Å². The number of hydrogen-bond acceptors (Lipinski definition) is 7. The standard InChI is InChI=1S/C22H23B2N7.Pt/c1-2-6-18(7-3-1)31-21-10-4-8-19(25-21)29-16-14-27(23-29)12-13-28-15-17-30(24-28)20-9-5-11-22(31)26-20;/h1-11H,12-17H2;. The third-order valence-corrected chi connectivity index (χ3v) is 6.04. The van der Waals surface area contributed by atoms with Crippen LogP contribution in [0.3, 0.4) is 0 Å². The summed E-state index contributed by atoms with van der Waals surface area (Å²) in [5, 5.41) is 0. The van der Waals surface area contributed by atoms with Gasteiger partial charge in [0.15, 0.2) is 0 Å². The Bertz CT molecular complexity index is 1010. The van der Waals surface area contributed by atoms with Gasteiger partial charge in [-0.2, -0.15) is 0 Å². The van der Waals surface area contributed by atoms with E-state index in [1.165, 1.54) is 0 Å². The van der Waals surface area contributed by atoms with Gasteiger partial charge in [0, 0.05) is 66.0 Å². The summed E-state index contributed by atoms with van der Waals surface area (Å²) in [6.45, 7) is 5.95. The van der Waals surface area contributed by atoms with E-state index >= 15 is 0 Å². The summed E-state index contributed by atoms with van der Waals surface area (Å²) in [6.07, 6.45) is 0. The Labute approximate surface area is 204 Å². The van der Waals surface area contributed by atoms with Crippen molar-refractivity contribution in [3.05, 3.63) is 66.7 Å². The molecule has 5 heterocycles. The molecule has 2 aromatic heterocycles. The van der Waals surface area contributed by atoms with Gasteiger partial charge in [0.05, 0.1) is 0 Å². The van der Waals surface area contributed by atoms with E-state index in [0.717, 1.165) is 68.2 Å². The number of anilines is 5. The van der Waals surface area contributed by atoms with E-state index in [1.54, 1.807) is 0 Å². The predicted molar refractivity (Wildman–Crippen MR) is 126 cm³/mol. The predicted octanol–water partition coefficient (Wildman–Crippen LogP) is 2.27. The van der Waals surface area contributed by atoms with Crippen molar-refractivity contribution in [2.75, 3.05) is 53.8 Å². The fourth-order valence-electron chi connectivity index (χ4n) is 4.39. The summed E-state index contributed by atoms with van der Waals surface area (Å²) in [6, 6.07) is 22.8. The Hall–Kier alpha value is -2.34. The topological polar surface area (TPSA) is 42.0 Å². The number of rotatable bonds is 1. The molecule has 0 spiro atoms. The zero-order chi connectivity index (χ0) is 20.6. The van der Waals surface area contributed by atoms with Gasteiger partial charge in [0.1, 0.15) is 23.3 Å². The van der Waals surface area contributed by atoms with Crippen LogP contribution in [0.5, 0.6) is 0 Å². The zero-order valence-corrected chi connectivity index (χ0v) is 20.0. The maximum atomic E-state index is 5.04. The fourth-order valence-corrected chi connectivity index (χ4v) is 4.39. The van der Waals surface area contributed by atoms with E-state index in [1.807, 2.05) is 6.07 Å². The molecule has 1 aromatic carbocycles. The molecule has 2 fully saturated rings. The van der Waals surface area contributed by atoms with Gasteiger partial charge in [-0.3, -0.25) is 4.90 Å². The molecular formula is C22H23B2N7Pt. The molecule has 0 N–H and O–H groups in total. The monoisotopic (exact) mass is 602 g/mol. The zero-order valence-electron chi connectivity index (χ0n) is 17.7. The molecule has 8 bridgehead atoms. The number of para-hydroxylation sites is 1. The molecular weight excluding hydrogens is 579 g/mol. The van der Waals surface area contributed by atoms with E-state index in [4.69, 9.17) is 9.97 Å². The molecule has 3 aromatic rings. The van der Waals surface area contributed by atoms with Crippen LogP contribution in [0.25, 0.3) is 0 Å². The second kappa shape index (κ2) is 9.26. The SMILES string of the molecule is [B]1N2CCN3[B]N(CC3)c3cccc(n3)N(c3ccccc3)c3cccc(n3)N1CC2.[Pt]. The van der Waals surface area contributed by atoms with Crippen LogP contribution in [0, 0.1) is 0 Å². The minimum atomic E-state index is 0. The molecule has 0 amide bonds. The second-order valence-electron chi connectivity index (χ2n) is 8.07. The van der Waals surface area contributed by atoms with Crippen LogP contribution in [0.15, 0.2) is 66.7 Å². The van der Waals surface area contributed by atoms with Gasteiger partial charge in [-0.05, 0) is 36.4 Å². The van der Waals surface area contributed by atoms with Gasteiger partial charge in [0.25, 0.3) is 0 Å². The number of nitrogens with zero attached hydrogens (tertiary/aromatic N) is 7. The summed E-state index contributed by atoms with van der Waals surface area (Å²) in [5.74, 6) is 3.65. The maximum Gasteiger partial charge on any atom is 0.353 e. The molecule has 0 saturated carbocycles. The van der Waals surface area contributed by atoms with Crippen molar-refractivity contribution in [1.29, 1.82) is 0 Å². The molecule has 7 nitrogen and oxygen atoms in total. The van der Waals surface area contributed by atoms with E-state index in [9.17, 15) is 0 Å². The maximum absolute atomic E-state index is 5.04.